The quantitative estimate of drug-likeness (QED) is 0.698. The van der Waals surface area contributed by atoms with Crippen LogP contribution < -0.4 is 4.74 Å². The smallest absolute Gasteiger partial charge is 0.122 e. The molecule has 1 aromatic rings. The van der Waals surface area contributed by atoms with Crippen LogP contribution in [-0.2, 0) is 12.8 Å². The first kappa shape index (κ1) is 13.5. The second-order valence-electron chi connectivity index (χ2n) is 5.60. The molecule has 2 aliphatic rings. The molecule has 1 nitrogen and oxygen atoms in total. The van der Waals surface area contributed by atoms with Crippen LogP contribution in [0, 0.1) is 12.3 Å². The number of hydrogen-bond donors (Lipinski definition) is 0. The van der Waals surface area contributed by atoms with Crippen LogP contribution in [0.3, 0.4) is 0 Å². The van der Waals surface area contributed by atoms with Gasteiger partial charge in [0, 0.05) is 0 Å². The minimum atomic E-state index is 0.599. The molecular formula is C17H26O. The molecule has 18 heavy (non-hydrogen) atoms. The van der Waals surface area contributed by atoms with Gasteiger partial charge in [-0.3, -0.25) is 0 Å². The van der Waals surface area contributed by atoms with E-state index >= 15 is 0 Å². The van der Waals surface area contributed by atoms with Crippen molar-refractivity contribution in [2.75, 3.05) is 7.11 Å². The summed E-state index contributed by atoms with van der Waals surface area (Å²) in [6.45, 7) is 6.24. The van der Waals surface area contributed by atoms with Gasteiger partial charge in [0.2, 0.25) is 0 Å². The van der Waals surface area contributed by atoms with Crippen LogP contribution >= 0.6 is 0 Å². The third kappa shape index (κ3) is 2.15. The van der Waals surface area contributed by atoms with E-state index in [4.69, 9.17) is 4.74 Å². The molecule has 0 amide bonds. The third-order valence-corrected chi connectivity index (χ3v) is 4.61. The van der Waals surface area contributed by atoms with Crippen molar-refractivity contribution in [3.63, 3.8) is 0 Å². The first-order valence-electron chi connectivity index (χ1n) is 7.39. The van der Waals surface area contributed by atoms with E-state index in [9.17, 15) is 0 Å². The van der Waals surface area contributed by atoms with E-state index in [-0.39, 0.29) is 0 Å². The van der Waals surface area contributed by atoms with Gasteiger partial charge in [0.15, 0.2) is 0 Å². The number of aryl methyl sites for hydroxylation is 1. The van der Waals surface area contributed by atoms with E-state index < -0.39 is 0 Å². The molecule has 0 saturated heterocycles. The SMILES string of the molecule is CC.COc1ccc(C)c2c1CC1(CCCC1)C2. The zero-order chi connectivity index (χ0) is 13.2. The standard InChI is InChI=1S/C15H20O.C2H6/c1-11-5-6-14(16-2)13-10-15(9-12(11)13)7-3-4-8-15;1-2/h5-6H,3-4,7-10H2,1-2H3;1-2H3. The number of hydrogen-bond acceptors (Lipinski definition) is 1. The summed E-state index contributed by atoms with van der Waals surface area (Å²) >= 11 is 0. The molecular weight excluding hydrogens is 220 g/mol. The Labute approximate surface area is 112 Å². The predicted octanol–water partition coefficient (Wildman–Crippen LogP) is 4.69. The molecule has 0 heterocycles. The van der Waals surface area contributed by atoms with Gasteiger partial charge in [-0.05, 0) is 60.8 Å². The summed E-state index contributed by atoms with van der Waals surface area (Å²) in [5, 5.41) is 0. The van der Waals surface area contributed by atoms with E-state index in [1.54, 1.807) is 12.7 Å². The lowest BCUT2D eigenvalue weighted by atomic mass is 9.83. The fourth-order valence-electron chi connectivity index (χ4n) is 3.71. The number of benzene rings is 1. The summed E-state index contributed by atoms with van der Waals surface area (Å²) in [5.41, 5.74) is 5.15. The molecule has 0 atom stereocenters. The minimum Gasteiger partial charge on any atom is -0.496 e. The van der Waals surface area contributed by atoms with Crippen LogP contribution in [-0.4, -0.2) is 7.11 Å². The topological polar surface area (TPSA) is 9.23 Å². The first-order chi connectivity index (χ1) is 8.74. The van der Waals surface area contributed by atoms with Gasteiger partial charge in [-0.2, -0.15) is 0 Å². The van der Waals surface area contributed by atoms with Crippen molar-refractivity contribution in [3.05, 3.63) is 28.8 Å². The van der Waals surface area contributed by atoms with E-state index in [0.717, 1.165) is 5.75 Å². The van der Waals surface area contributed by atoms with Crippen LogP contribution in [0.15, 0.2) is 12.1 Å². The van der Waals surface area contributed by atoms with Crippen molar-refractivity contribution in [1.82, 2.24) is 0 Å². The number of ether oxygens (including phenoxy) is 1. The maximum absolute atomic E-state index is 5.51. The van der Waals surface area contributed by atoms with Gasteiger partial charge in [0.25, 0.3) is 0 Å². The number of fused-ring (bicyclic) bond motifs is 1. The Balaban J connectivity index is 0.000000574. The third-order valence-electron chi connectivity index (χ3n) is 4.61. The molecule has 0 bridgehead atoms. The molecule has 1 heteroatoms. The molecule has 100 valence electrons. The normalized spacial score (nSPS) is 19.3. The van der Waals surface area contributed by atoms with Gasteiger partial charge in [-0.15, -0.1) is 0 Å². The average Bonchev–Trinajstić information content (AvgIpc) is 3.01. The highest BCUT2D eigenvalue weighted by molar-refractivity contribution is 5.49. The minimum absolute atomic E-state index is 0.599. The van der Waals surface area contributed by atoms with Crippen LogP contribution in [0.5, 0.6) is 5.75 Å². The molecule has 2 aliphatic carbocycles. The molecule has 3 rings (SSSR count). The van der Waals surface area contributed by atoms with Gasteiger partial charge in [-0.1, -0.05) is 32.8 Å². The van der Waals surface area contributed by atoms with Crippen LogP contribution in [0.4, 0.5) is 0 Å². The average molecular weight is 246 g/mol. The highest BCUT2D eigenvalue weighted by Crippen LogP contribution is 2.51. The highest BCUT2D eigenvalue weighted by Gasteiger charge is 2.41. The molecule has 0 N–H and O–H groups in total. The lowest BCUT2D eigenvalue weighted by Crippen LogP contribution is -2.15. The number of rotatable bonds is 1. The fourth-order valence-corrected chi connectivity index (χ4v) is 3.71. The largest absolute Gasteiger partial charge is 0.496 e. The van der Waals surface area contributed by atoms with E-state index in [2.05, 4.69) is 19.1 Å². The molecule has 1 saturated carbocycles. The highest BCUT2D eigenvalue weighted by atomic mass is 16.5. The van der Waals surface area contributed by atoms with Crippen LogP contribution in [0.25, 0.3) is 0 Å². The van der Waals surface area contributed by atoms with E-state index in [1.807, 2.05) is 13.8 Å². The van der Waals surface area contributed by atoms with Crippen molar-refractivity contribution in [1.29, 1.82) is 0 Å². The molecule has 1 spiro atoms. The summed E-state index contributed by atoms with van der Waals surface area (Å²) in [7, 11) is 1.80. The summed E-state index contributed by atoms with van der Waals surface area (Å²) in [4.78, 5) is 0. The monoisotopic (exact) mass is 246 g/mol. The first-order valence-corrected chi connectivity index (χ1v) is 7.39. The van der Waals surface area contributed by atoms with Crippen molar-refractivity contribution >= 4 is 0 Å². The maximum Gasteiger partial charge on any atom is 0.122 e. The molecule has 1 fully saturated rings. The maximum atomic E-state index is 5.51. The molecule has 1 aromatic carbocycles. The molecule has 0 unspecified atom stereocenters. The van der Waals surface area contributed by atoms with E-state index in [0.29, 0.717) is 5.41 Å². The lowest BCUT2D eigenvalue weighted by molar-refractivity contribution is 0.314. The zero-order valence-electron chi connectivity index (χ0n) is 12.3. The summed E-state index contributed by atoms with van der Waals surface area (Å²) < 4.78 is 5.51. The van der Waals surface area contributed by atoms with E-state index in [1.165, 1.54) is 49.7 Å². The van der Waals surface area contributed by atoms with Gasteiger partial charge in [0.05, 0.1) is 7.11 Å². The Morgan fingerprint density at radius 2 is 1.61 bits per heavy atom. The second kappa shape index (κ2) is 5.34. The Hall–Kier alpha value is -0.980. The second-order valence-corrected chi connectivity index (χ2v) is 5.60. The van der Waals surface area contributed by atoms with Crippen LogP contribution in [0.2, 0.25) is 0 Å². The van der Waals surface area contributed by atoms with Crippen molar-refractivity contribution < 1.29 is 4.74 Å². The number of methoxy groups -OCH3 is 1. The van der Waals surface area contributed by atoms with Gasteiger partial charge in [-0.25, -0.2) is 0 Å². The predicted molar refractivity (Wildman–Crippen MR) is 77.4 cm³/mol. The van der Waals surface area contributed by atoms with Gasteiger partial charge in [0.1, 0.15) is 5.75 Å². The fraction of sp³-hybridized carbons (Fsp3) is 0.647. The van der Waals surface area contributed by atoms with Crippen LogP contribution in [0.1, 0.15) is 56.2 Å². The Bertz CT molecular complexity index is 414. The molecule has 0 aromatic heterocycles. The Morgan fingerprint density at radius 1 is 1.00 bits per heavy atom. The van der Waals surface area contributed by atoms with Crippen molar-refractivity contribution in [3.8, 4) is 5.75 Å². The Morgan fingerprint density at radius 3 is 2.22 bits per heavy atom. The Kier molecular flexibility index (Phi) is 3.99. The van der Waals surface area contributed by atoms with Gasteiger partial charge < -0.3 is 4.74 Å². The van der Waals surface area contributed by atoms with Crippen molar-refractivity contribution in [2.24, 2.45) is 5.41 Å². The summed E-state index contributed by atoms with van der Waals surface area (Å²) in [6.07, 6.45) is 8.25. The zero-order valence-corrected chi connectivity index (χ0v) is 12.3. The summed E-state index contributed by atoms with van der Waals surface area (Å²) in [5.74, 6) is 1.12. The van der Waals surface area contributed by atoms with Gasteiger partial charge >= 0.3 is 0 Å². The molecule has 0 aliphatic heterocycles. The summed E-state index contributed by atoms with van der Waals surface area (Å²) in [6, 6.07) is 4.35. The molecule has 0 radical (unpaired) electrons. The lowest BCUT2D eigenvalue weighted by Gasteiger charge is -2.21. The van der Waals surface area contributed by atoms with Crippen molar-refractivity contribution in [2.45, 2.75) is 59.3 Å².